The number of thioether (sulfide) groups is 1. The third kappa shape index (κ3) is 7.04. The van der Waals surface area contributed by atoms with Gasteiger partial charge in [0.15, 0.2) is 11.4 Å². The first kappa shape index (κ1) is 26.9. The Kier molecular flexibility index (Phi) is 8.89. The lowest BCUT2D eigenvalue weighted by Gasteiger charge is -2.41. The summed E-state index contributed by atoms with van der Waals surface area (Å²) in [6.45, 7) is 2.53. The fourth-order valence-corrected chi connectivity index (χ4v) is 5.39. The van der Waals surface area contributed by atoms with Gasteiger partial charge in [0.2, 0.25) is 0 Å². The molecule has 1 aliphatic rings. The highest BCUT2D eigenvalue weighted by atomic mass is 32.2. The lowest BCUT2D eigenvalue weighted by molar-refractivity contribution is -0.268. The average Bonchev–Trinajstić information content (AvgIpc) is 3.50. The molecule has 1 aromatic heterocycles. The van der Waals surface area contributed by atoms with Crippen LogP contribution in [0.3, 0.4) is 0 Å². The van der Waals surface area contributed by atoms with E-state index in [0.717, 1.165) is 27.4 Å². The number of anilines is 1. The zero-order valence-corrected chi connectivity index (χ0v) is 22.3. The minimum Gasteiger partial charge on any atom is -0.392 e. The first-order valence-electron chi connectivity index (χ1n) is 12.8. The van der Waals surface area contributed by atoms with Crippen molar-refractivity contribution >= 4 is 23.5 Å². The van der Waals surface area contributed by atoms with E-state index in [2.05, 4.69) is 32.7 Å². The molecule has 1 fully saturated rings. The molecule has 10 heteroatoms. The van der Waals surface area contributed by atoms with Crippen LogP contribution in [0.1, 0.15) is 41.6 Å². The van der Waals surface area contributed by atoms with Crippen LogP contribution in [0.2, 0.25) is 0 Å². The minimum atomic E-state index is -0.641. The molecule has 2 amide bonds. The number of urea groups is 1. The van der Waals surface area contributed by atoms with Crippen molar-refractivity contribution in [2.45, 2.75) is 43.7 Å². The summed E-state index contributed by atoms with van der Waals surface area (Å²) in [5.41, 5.74) is 4.32. The number of carbonyl (C=O) groups excluding carboxylic acids is 1. The van der Waals surface area contributed by atoms with Crippen LogP contribution < -0.4 is 10.6 Å². The Labute approximate surface area is 231 Å². The van der Waals surface area contributed by atoms with E-state index >= 15 is 0 Å². The SMILES string of the molecule is C[C@H]1[C@@H](CSc2ncn[nH]2)O[C@@H](c2cccc(NC(=O)NCc3ccccc3)c2)O[C@H]1c1ccc(CO)cc1. The maximum Gasteiger partial charge on any atom is 0.319 e. The van der Waals surface area contributed by atoms with Crippen LogP contribution in [0.25, 0.3) is 0 Å². The number of aromatic amines is 1. The second-order valence-corrected chi connectivity index (χ2v) is 10.4. The van der Waals surface area contributed by atoms with Crippen molar-refractivity contribution in [2.24, 2.45) is 5.92 Å². The number of aliphatic hydroxyl groups excluding tert-OH is 1. The first-order valence-corrected chi connectivity index (χ1v) is 13.7. The number of aliphatic hydroxyl groups is 1. The molecule has 0 spiro atoms. The van der Waals surface area contributed by atoms with E-state index in [9.17, 15) is 9.90 Å². The molecule has 4 atom stereocenters. The third-order valence-electron chi connectivity index (χ3n) is 6.61. The predicted octanol–water partition coefficient (Wildman–Crippen LogP) is 5.20. The Hall–Kier alpha value is -3.70. The van der Waals surface area contributed by atoms with E-state index in [-0.39, 0.29) is 30.8 Å². The molecule has 1 aliphatic heterocycles. The molecule has 0 aliphatic carbocycles. The van der Waals surface area contributed by atoms with E-state index in [4.69, 9.17) is 9.47 Å². The van der Waals surface area contributed by atoms with Gasteiger partial charge in [-0.05, 0) is 28.8 Å². The molecule has 4 N–H and O–H groups in total. The van der Waals surface area contributed by atoms with Gasteiger partial charge in [0.05, 0.1) is 18.8 Å². The summed E-state index contributed by atoms with van der Waals surface area (Å²) in [5, 5.41) is 22.8. The van der Waals surface area contributed by atoms with Gasteiger partial charge in [-0.3, -0.25) is 5.10 Å². The summed E-state index contributed by atoms with van der Waals surface area (Å²) in [6.07, 6.45) is 0.465. The van der Waals surface area contributed by atoms with E-state index in [1.54, 1.807) is 11.8 Å². The quantitative estimate of drug-likeness (QED) is 0.213. The lowest BCUT2D eigenvalue weighted by Crippen LogP contribution is -2.38. The van der Waals surface area contributed by atoms with Crippen molar-refractivity contribution in [3.63, 3.8) is 0 Å². The predicted molar refractivity (Wildman–Crippen MR) is 149 cm³/mol. The van der Waals surface area contributed by atoms with Crippen LogP contribution in [-0.4, -0.2) is 38.2 Å². The lowest BCUT2D eigenvalue weighted by atomic mass is 9.91. The van der Waals surface area contributed by atoms with Crippen LogP contribution in [0.5, 0.6) is 0 Å². The number of nitrogens with zero attached hydrogens (tertiary/aromatic N) is 2. The van der Waals surface area contributed by atoms with Gasteiger partial charge in [-0.25, -0.2) is 9.78 Å². The van der Waals surface area contributed by atoms with Crippen LogP contribution in [-0.2, 0) is 22.6 Å². The summed E-state index contributed by atoms with van der Waals surface area (Å²) in [4.78, 5) is 16.7. The second kappa shape index (κ2) is 12.9. The largest absolute Gasteiger partial charge is 0.392 e. The standard InChI is InChI=1S/C29H31N5O4S/c1-19-25(17-39-29-31-18-32-34-29)37-27(38-26(19)22-12-10-21(16-35)11-13-22)23-8-5-9-24(14-23)33-28(36)30-15-20-6-3-2-4-7-20/h2-14,18-19,25-27,35H,15-17H2,1H3,(H2,30,33,36)(H,31,32,34)/t19-,25+,26+,27+/m0/s1. The molecule has 0 saturated carbocycles. The van der Waals surface area contributed by atoms with Crippen LogP contribution >= 0.6 is 11.8 Å². The molecule has 1 saturated heterocycles. The maximum absolute atomic E-state index is 12.5. The van der Waals surface area contributed by atoms with Crippen molar-refractivity contribution in [1.82, 2.24) is 20.5 Å². The zero-order chi connectivity index (χ0) is 27.0. The number of aromatic nitrogens is 3. The second-order valence-electron chi connectivity index (χ2n) is 9.34. The maximum atomic E-state index is 12.5. The number of hydrogen-bond donors (Lipinski definition) is 4. The monoisotopic (exact) mass is 545 g/mol. The number of nitrogens with one attached hydrogen (secondary N) is 3. The van der Waals surface area contributed by atoms with Crippen molar-refractivity contribution in [3.8, 4) is 0 Å². The highest BCUT2D eigenvalue weighted by Gasteiger charge is 2.38. The smallest absolute Gasteiger partial charge is 0.319 e. The van der Waals surface area contributed by atoms with Crippen molar-refractivity contribution in [1.29, 1.82) is 0 Å². The molecule has 0 bridgehead atoms. The van der Waals surface area contributed by atoms with E-state index in [1.165, 1.54) is 6.33 Å². The minimum absolute atomic E-state index is 0.0116. The molecule has 0 radical (unpaired) electrons. The third-order valence-corrected chi connectivity index (χ3v) is 7.58. The number of benzene rings is 3. The topological polar surface area (TPSA) is 121 Å². The Balaban J connectivity index is 1.31. The summed E-state index contributed by atoms with van der Waals surface area (Å²) in [6, 6.07) is 24.8. The fourth-order valence-electron chi connectivity index (χ4n) is 4.45. The summed E-state index contributed by atoms with van der Waals surface area (Å²) < 4.78 is 13.0. The molecule has 9 nitrogen and oxygen atoms in total. The Morgan fingerprint density at radius 3 is 2.56 bits per heavy atom. The number of H-pyrrole nitrogens is 1. The number of hydrogen-bond acceptors (Lipinski definition) is 7. The normalized spacial score (nSPS) is 20.9. The van der Waals surface area contributed by atoms with E-state index < -0.39 is 6.29 Å². The molecule has 2 heterocycles. The molecule has 202 valence electrons. The van der Waals surface area contributed by atoms with Gasteiger partial charge >= 0.3 is 6.03 Å². The zero-order valence-electron chi connectivity index (χ0n) is 21.5. The highest BCUT2D eigenvalue weighted by Crippen LogP contribution is 2.43. The van der Waals surface area contributed by atoms with Crippen molar-refractivity contribution in [3.05, 3.63) is 107 Å². The summed E-state index contributed by atoms with van der Waals surface area (Å²) in [5.74, 6) is 0.697. The summed E-state index contributed by atoms with van der Waals surface area (Å²) >= 11 is 1.55. The number of amides is 2. The van der Waals surface area contributed by atoms with E-state index in [0.29, 0.717) is 18.0 Å². The molecule has 39 heavy (non-hydrogen) atoms. The van der Waals surface area contributed by atoms with Crippen LogP contribution in [0.4, 0.5) is 10.5 Å². The Bertz CT molecular complexity index is 1340. The summed E-state index contributed by atoms with van der Waals surface area (Å²) in [7, 11) is 0. The van der Waals surface area contributed by atoms with Gasteiger partial charge in [-0.1, -0.05) is 85.4 Å². The molecule has 0 unspecified atom stereocenters. The Morgan fingerprint density at radius 1 is 1.00 bits per heavy atom. The van der Waals surface area contributed by atoms with Gasteiger partial charge in [-0.2, -0.15) is 5.10 Å². The van der Waals surface area contributed by atoms with Gasteiger partial charge in [-0.15, -0.1) is 0 Å². The molecule has 4 aromatic rings. The molecular weight excluding hydrogens is 514 g/mol. The number of rotatable bonds is 9. The van der Waals surface area contributed by atoms with Crippen LogP contribution in [0.15, 0.2) is 90.3 Å². The van der Waals surface area contributed by atoms with Crippen molar-refractivity contribution < 1.29 is 19.4 Å². The van der Waals surface area contributed by atoms with Gasteiger partial charge in [0, 0.05) is 29.5 Å². The number of carbonyl (C=O) groups is 1. The molecule has 3 aromatic carbocycles. The van der Waals surface area contributed by atoms with Crippen molar-refractivity contribution in [2.75, 3.05) is 11.1 Å². The molecule has 5 rings (SSSR count). The van der Waals surface area contributed by atoms with Gasteiger partial charge < -0.3 is 25.2 Å². The molecular formula is C29H31N5O4S. The van der Waals surface area contributed by atoms with Gasteiger partial charge in [0.1, 0.15) is 6.33 Å². The van der Waals surface area contributed by atoms with Crippen LogP contribution in [0, 0.1) is 5.92 Å². The highest BCUT2D eigenvalue weighted by molar-refractivity contribution is 7.99. The van der Waals surface area contributed by atoms with Gasteiger partial charge in [0.25, 0.3) is 0 Å². The average molecular weight is 546 g/mol. The first-order chi connectivity index (χ1) is 19.1. The number of ether oxygens (including phenoxy) is 2. The Morgan fingerprint density at radius 2 is 1.82 bits per heavy atom. The van der Waals surface area contributed by atoms with E-state index in [1.807, 2.05) is 78.9 Å². The fraction of sp³-hybridized carbons (Fsp3) is 0.276.